The van der Waals surface area contributed by atoms with Crippen LogP contribution in [0.25, 0.3) is 11.3 Å². The average Bonchev–Trinajstić information content (AvgIpc) is 3.08. The molecule has 0 bridgehead atoms. The molecule has 3 aromatic rings. The number of aliphatic hydroxyl groups is 1. The van der Waals surface area contributed by atoms with Crippen LogP contribution in [0.15, 0.2) is 48.8 Å². The van der Waals surface area contributed by atoms with Crippen molar-refractivity contribution in [1.82, 2.24) is 9.97 Å². The van der Waals surface area contributed by atoms with E-state index >= 15 is 0 Å². The molecule has 5 unspecified atom stereocenters. The van der Waals surface area contributed by atoms with Gasteiger partial charge in [0.05, 0.1) is 35.8 Å². The predicted molar refractivity (Wildman–Crippen MR) is 136 cm³/mol. The fourth-order valence-electron chi connectivity index (χ4n) is 5.76. The SMILES string of the molecule is CCC1CC(=O)CCC2OC(c3ccncc3NC(=O)c3ccc(F)c(-c4c(F)cccc4F)n3)CC(O)C12. The molecule has 1 amide bonds. The van der Waals surface area contributed by atoms with Gasteiger partial charge in [0.25, 0.3) is 5.91 Å². The van der Waals surface area contributed by atoms with Gasteiger partial charge in [-0.25, -0.2) is 18.2 Å². The summed E-state index contributed by atoms with van der Waals surface area (Å²) in [5, 5.41) is 13.8. The van der Waals surface area contributed by atoms with Gasteiger partial charge < -0.3 is 15.2 Å². The molecule has 2 fully saturated rings. The molecule has 39 heavy (non-hydrogen) atoms. The first-order valence-corrected chi connectivity index (χ1v) is 13.0. The van der Waals surface area contributed by atoms with E-state index in [4.69, 9.17) is 4.74 Å². The summed E-state index contributed by atoms with van der Waals surface area (Å²) in [6.45, 7) is 2.01. The van der Waals surface area contributed by atoms with Crippen molar-refractivity contribution in [2.45, 2.75) is 57.3 Å². The molecule has 2 aliphatic rings. The summed E-state index contributed by atoms with van der Waals surface area (Å²) in [6, 6.07) is 6.81. The number of rotatable bonds is 5. The van der Waals surface area contributed by atoms with Crippen LogP contribution in [0.3, 0.4) is 0 Å². The molecule has 0 spiro atoms. The number of nitrogens with one attached hydrogen (secondary N) is 1. The quantitative estimate of drug-likeness (QED) is 0.450. The lowest BCUT2D eigenvalue weighted by Crippen LogP contribution is -2.44. The van der Waals surface area contributed by atoms with Gasteiger partial charge in [-0.1, -0.05) is 19.4 Å². The third-order valence-electron chi connectivity index (χ3n) is 7.66. The van der Waals surface area contributed by atoms with Gasteiger partial charge in [0.2, 0.25) is 0 Å². The highest BCUT2D eigenvalue weighted by Gasteiger charge is 2.44. The third kappa shape index (κ3) is 5.44. The topological polar surface area (TPSA) is 101 Å². The van der Waals surface area contributed by atoms with Crippen molar-refractivity contribution >= 4 is 17.4 Å². The lowest BCUT2D eigenvalue weighted by molar-refractivity contribution is -0.152. The van der Waals surface area contributed by atoms with E-state index in [1.165, 1.54) is 12.4 Å². The van der Waals surface area contributed by atoms with Crippen LogP contribution in [0, 0.1) is 29.3 Å². The van der Waals surface area contributed by atoms with E-state index in [2.05, 4.69) is 15.3 Å². The maximum atomic E-state index is 14.5. The highest BCUT2D eigenvalue weighted by molar-refractivity contribution is 6.03. The van der Waals surface area contributed by atoms with Gasteiger partial charge in [0.15, 0.2) is 0 Å². The summed E-state index contributed by atoms with van der Waals surface area (Å²) in [4.78, 5) is 33.4. The van der Waals surface area contributed by atoms with Crippen molar-refractivity contribution in [1.29, 1.82) is 0 Å². The molecular weight excluding hydrogens is 511 g/mol. The highest BCUT2D eigenvalue weighted by Crippen LogP contribution is 2.44. The Morgan fingerprint density at radius 1 is 1.13 bits per heavy atom. The zero-order chi connectivity index (χ0) is 27.7. The zero-order valence-corrected chi connectivity index (χ0v) is 21.2. The summed E-state index contributed by atoms with van der Waals surface area (Å²) in [5.41, 5.74) is -0.691. The lowest BCUT2D eigenvalue weighted by atomic mass is 9.76. The molecule has 1 saturated heterocycles. The van der Waals surface area contributed by atoms with Gasteiger partial charge >= 0.3 is 0 Å². The van der Waals surface area contributed by atoms with Crippen molar-refractivity contribution in [3.63, 3.8) is 0 Å². The van der Waals surface area contributed by atoms with Gasteiger partial charge in [0, 0.05) is 36.9 Å². The molecule has 10 heteroatoms. The van der Waals surface area contributed by atoms with Gasteiger partial charge in [-0.15, -0.1) is 0 Å². The van der Waals surface area contributed by atoms with Crippen molar-refractivity contribution in [2.24, 2.45) is 11.8 Å². The number of anilines is 1. The molecule has 3 heterocycles. The Bertz CT molecular complexity index is 1380. The second-order valence-electron chi connectivity index (χ2n) is 10.0. The molecule has 0 radical (unpaired) electrons. The second kappa shape index (κ2) is 11.2. The fraction of sp³-hybridized carbons (Fsp3) is 0.379. The molecule has 1 saturated carbocycles. The van der Waals surface area contributed by atoms with E-state index in [1.54, 1.807) is 6.07 Å². The number of halogens is 3. The number of nitrogens with zero attached hydrogens (tertiary/aromatic N) is 2. The molecule has 1 aromatic carbocycles. The van der Waals surface area contributed by atoms with Crippen LogP contribution in [0.1, 0.15) is 61.2 Å². The number of ether oxygens (including phenoxy) is 1. The molecule has 1 aliphatic heterocycles. The van der Waals surface area contributed by atoms with E-state index in [9.17, 15) is 27.9 Å². The monoisotopic (exact) mass is 539 g/mol. The van der Waals surface area contributed by atoms with E-state index in [0.29, 0.717) is 30.5 Å². The van der Waals surface area contributed by atoms with Crippen LogP contribution in [0.4, 0.5) is 18.9 Å². The van der Waals surface area contributed by atoms with Crippen LogP contribution in [-0.4, -0.2) is 39.0 Å². The van der Waals surface area contributed by atoms with Crippen LogP contribution in [-0.2, 0) is 9.53 Å². The van der Waals surface area contributed by atoms with E-state index in [1.807, 2.05) is 6.92 Å². The van der Waals surface area contributed by atoms with Crippen molar-refractivity contribution in [3.05, 3.63) is 77.5 Å². The number of benzene rings is 1. The highest BCUT2D eigenvalue weighted by atomic mass is 19.1. The maximum absolute atomic E-state index is 14.5. The number of hydrogen-bond acceptors (Lipinski definition) is 6. The molecule has 2 aromatic heterocycles. The van der Waals surface area contributed by atoms with Crippen LogP contribution < -0.4 is 5.32 Å². The number of Topliss-reactive ketones (excluding diaryl/α,β-unsaturated/α-hetero) is 1. The minimum Gasteiger partial charge on any atom is -0.393 e. The van der Waals surface area contributed by atoms with E-state index in [0.717, 1.165) is 36.8 Å². The zero-order valence-electron chi connectivity index (χ0n) is 21.2. The number of carbonyl (C=O) groups excluding carboxylic acids is 2. The van der Waals surface area contributed by atoms with Crippen LogP contribution in [0.2, 0.25) is 0 Å². The number of fused-ring (bicyclic) bond motifs is 1. The Kier molecular flexibility index (Phi) is 7.76. The summed E-state index contributed by atoms with van der Waals surface area (Å²) < 4.78 is 49.5. The van der Waals surface area contributed by atoms with E-state index < -0.39 is 46.8 Å². The van der Waals surface area contributed by atoms with Crippen molar-refractivity contribution in [3.8, 4) is 11.3 Å². The summed E-state index contributed by atoms with van der Waals surface area (Å²) >= 11 is 0. The smallest absolute Gasteiger partial charge is 0.274 e. The first-order chi connectivity index (χ1) is 18.8. The molecular formula is C29H28F3N3O4. The van der Waals surface area contributed by atoms with Crippen molar-refractivity contribution in [2.75, 3.05) is 5.32 Å². The van der Waals surface area contributed by atoms with Gasteiger partial charge in [0.1, 0.15) is 34.6 Å². The Balaban J connectivity index is 1.40. The number of aliphatic hydroxyl groups excluding tert-OH is 1. The Hall–Kier alpha value is -3.63. The largest absolute Gasteiger partial charge is 0.393 e. The summed E-state index contributed by atoms with van der Waals surface area (Å²) in [5.74, 6) is -3.70. The van der Waals surface area contributed by atoms with Gasteiger partial charge in [-0.05, 0) is 42.7 Å². The first-order valence-electron chi connectivity index (χ1n) is 13.0. The maximum Gasteiger partial charge on any atom is 0.274 e. The molecule has 5 rings (SSSR count). The molecule has 5 atom stereocenters. The van der Waals surface area contributed by atoms with Gasteiger partial charge in [-0.2, -0.15) is 0 Å². The molecule has 7 nitrogen and oxygen atoms in total. The fourth-order valence-corrected chi connectivity index (χ4v) is 5.76. The number of pyridine rings is 2. The summed E-state index contributed by atoms with van der Waals surface area (Å²) in [7, 11) is 0. The number of aromatic nitrogens is 2. The van der Waals surface area contributed by atoms with Crippen LogP contribution >= 0.6 is 0 Å². The Labute approximate surface area is 223 Å². The Morgan fingerprint density at radius 2 is 1.90 bits per heavy atom. The summed E-state index contributed by atoms with van der Waals surface area (Å²) in [6.07, 6.45) is 3.73. The third-order valence-corrected chi connectivity index (χ3v) is 7.66. The minimum absolute atomic E-state index is 0.0376. The molecule has 2 N–H and O–H groups in total. The first kappa shape index (κ1) is 27.0. The minimum atomic E-state index is -1.01. The molecule has 204 valence electrons. The lowest BCUT2D eigenvalue weighted by Gasteiger charge is -2.42. The predicted octanol–water partition coefficient (Wildman–Crippen LogP) is 5.40. The number of amides is 1. The number of carbonyl (C=O) groups is 2. The van der Waals surface area contributed by atoms with Gasteiger partial charge in [-0.3, -0.25) is 14.6 Å². The number of hydrogen-bond donors (Lipinski definition) is 2. The Morgan fingerprint density at radius 3 is 2.64 bits per heavy atom. The normalized spacial score (nSPS) is 25.1. The average molecular weight is 540 g/mol. The van der Waals surface area contributed by atoms with Crippen molar-refractivity contribution < 1.29 is 32.6 Å². The van der Waals surface area contributed by atoms with E-state index in [-0.39, 0.29) is 35.8 Å². The standard InChI is InChI=1S/C29H28F3N3O4/c1-2-15-12-16(36)6-9-24-26(15)23(37)13-25(39-24)17-10-11-33-14-22(17)35-29(38)21-8-7-20(32)28(34-21)27-18(30)4-3-5-19(27)31/h3-5,7-8,10-11,14-15,23-26,37H,2,6,9,12-13H2,1H3,(H,35,38). The number of ketones is 1. The van der Waals surface area contributed by atoms with Crippen LogP contribution in [0.5, 0.6) is 0 Å². The molecule has 1 aliphatic carbocycles. The second-order valence-corrected chi connectivity index (χ2v) is 10.0.